The Bertz CT molecular complexity index is 586. The van der Waals surface area contributed by atoms with E-state index in [0.29, 0.717) is 23.8 Å². The number of carbonyl (C=O) groups is 2. The maximum Gasteiger partial charge on any atom is 0.276 e. The second-order valence-corrected chi connectivity index (χ2v) is 6.33. The predicted molar refractivity (Wildman–Crippen MR) is 78.1 cm³/mol. The Hall–Kier alpha value is -1.56. The molecule has 0 saturated carbocycles. The van der Waals surface area contributed by atoms with Crippen LogP contribution in [-0.4, -0.2) is 58.0 Å². The molecule has 3 heterocycles. The van der Waals surface area contributed by atoms with E-state index in [2.05, 4.69) is 10.2 Å². The van der Waals surface area contributed by atoms with Gasteiger partial charge in [-0.15, -0.1) is 0 Å². The van der Waals surface area contributed by atoms with Crippen molar-refractivity contribution in [3.05, 3.63) is 16.4 Å². The lowest BCUT2D eigenvalue weighted by atomic mass is 9.99. The van der Waals surface area contributed by atoms with Crippen molar-refractivity contribution in [1.82, 2.24) is 20.0 Å². The number of hydrogen-bond donors (Lipinski definition) is 1. The largest absolute Gasteiger partial charge is 0.341 e. The van der Waals surface area contributed by atoms with Crippen LogP contribution in [0.25, 0.3) is 0 Å². The normalized spacial score (nSPS) is 26.0. The zero-order valence-corrected chi connectivity index (χ0v) is 13.0. The number of rotatable bonds is 1. The minimum Gasteiger partial charge on any atom is -0.341 e. The summed E-state index contributed by atoms with van der Waals surface area (Å²) in [7, 11) is 1.84. The van der Waals surface area contributed by atoms with Crippen LogP contribution >= 0.6 is 11.6 Å². The number of amides is 2. The van der Waals surface area contributed by atoms with E-state index in [1.165, 1.54) is 0 Å². The number of carbonyl (C=O) groups excluding carboxylic acids is 2. The fourth-order valence-electron chi connectivity index (χ4n) is 3.24. The Morgan fingerprint density at radius 3 is 2.81 bits per heavy atom. The molecule has 0 radical (unpaired) electrons. The molecule has 2 saturated heterocycles. The third kappa shape index (κ3) is 2.41. The second-order valence-electron chi connectivity index (χ2n) is 5.95. The van der Waals surface area contributed by atoms with Crippen molar-refractivity contribution in [1.29, 1.82) is 0 Å². The molecule has 2 fully saturated rings. The molecular weight excluding hydrogens is 292 g/mol. The fraction of sp³-hybridized carbons (Fsp3) is 0.643. The minimum atomic E-state index is -0.190. The number of nitrogens with one attached hydrogen (secondary N) is 1. The Kier molecular flexibility index (Phi) is 3.65. The Balaban J connectivity index is 1.88. The summed E-state index contributed by atoms with van der Waals surface area (Å²) in [6.07, 6.45) is 2.82. The molecule has 2 amide bonds. The van der Waals surface area contributed by atoms with Crippen molar-refractivity contribution >= 4 is 23.4 Å². The first-order valence-corrected chi connectivity index (χ1v) is 7.63. The predicted octanol–water partition coefficient (Wildman–Crippen LogP) is 1.45. The summed E-state index contributed by atoms with van der Waals surface area (Å²) in [6.45, 7) is 2.79. The van der Waals surface area contributed by atoms with Crippen molar-refractivity contribution in [2.75, 3.05) is 20.1 Å². The Morgan fingerprint density at radius 1 is 1.38 bits per heavy atom. The average molecular weight is 311 g/mol. The zero-order valence-electron chi connectivity index (χ0n) is 12.2. The molecule has 0 spiro atoms. The molecule has 3 rings (SSSR count). The lowest BCUT2D eigenvalue weighted by Gasteiger charge is -2.29. The number of aromatic amines is 1. The van der Waals surface area contributed by atoms with Gasteiger partial charge in [0.2, 0.25) is 5.91 Å². The average Bonchev–Trinajstić information content (AvgIpc) is 2.64. The number of aromatic nitrogens is 2. The highest BCUT2D eigenvalue weighted by Gasteiger charge is 2.39. The van der Waals surface area contributed by atoms with E-state index in [1.54, 1.807) is 11.8 Å². The summed E-state index contributed by atoms with van der Waals surface area (Å²) in [6, 6.07) is 0.0905. The quantitative estimate of drug-likeness (QED) is 0.853. The number of likely N-dealkylation sites (N-methyl/N-ethyl adjacent to an activating group) is 1. The molecule has 1 aromatic heterocycles. The summed E-state index contributed by atoms with van der Waals surface area (Å²) < 4.78 is 0. The number of H-pyrrole nitrogens is 1. The molecule has 6 nitrogen and oxygen atoms in total. The first-order chi connectivity index (χ1) is 9.99. The van der Waals surface area contributed by atoms with Gasteiger partial charge >= 0.3 is 0 Å². The number of halogens is 1. The molecule has 2 bridgehead atoms. The van der Waals surface area contributed by atoms with E-state index in [1.807, 2.05) is 11.9 Å². The number of likely N-dealkylation sites (tertiary alicyclic amines) is 1. The van der Waals surface area contributed by atoms with Crippen LogP contribution < -0.4 is 0 Å². The number of fused-ring (bicyclic) bond motifs is 3. The minimum absolute atomic E-state index is 0.0905. The first-order valence-electron chi connectivity index (χ1n) is 7.25. The van der Waals surface area contributed by atoms with E-state index < -0.39 is 0 Å². The van der Waals surface area contributed by atoms with Crippen LogP contribution in [0.15, 0.2) is 0 Å². The topological polar surface area (TPSA) is 69.3 Å². The fourth-order valence-corrected chi connectivity index (χ4v) is 3.40. The molecule has 2 aliphatic heterocycles. The SMILES string of the molecule is Cc1[nH]nc(C(=O)N2C[C@H]3CCC[C@@H](C2)N(C)C3=O)c1Cl. The third-order valence-corrected chi connectivity index (χ3v) is 5.03. The van der Waals surface area contributed by atoms with Crippen molar-refractivity contribution in [2.24, 2.45) is 5.92 Å². The Morgan fingerprint density at radius 2 is 2.14 bits per heavy atom. The third-order valence-electron chi connectivity index (χ3n) is 4.57. The van der Waals surface area contributed by atoms with E-state index in [9.17, 15) is 9.59 Å². The highest BCUT2D eigenvalue weighted by molar-refractivity contribution is 6.34. The molecule has 2 atom stereocenters. The van der Waals surface area contributed by atoms with Crippen LogP contribution in [0.4, 0.5) is 0 Å². The van der Waals surface area contributed by atoms with E-state index >= 15 is 0 Å². The van der Waals surface area contributed by atoms with Gasteiger partial charge in [-0.3, -0.25) is 14.7 Å². The molecule has 21 heavy (non-hydrogen) atoms. The van der Waals surface area contributed by atoms with Gasteiger partial charge in [0, 0.05) is 26.2 Å². The van der Waals surface area contributed by atoms with Gasteiger partial charge in [-0.2, -0.15) is 5.10 Å². The molecule has 1 N–H and O–H groups in total. The van der Waals surface area contributed by atoms with Crippen molar-refractivity contribution in [3.63, 3.8) is 0 Å². The highest BCUT2D eigenvalue weighted by atomic mass is 35.5. The summed E-state index contributed by atoms with van der Waals surface area (Å²) in [5.41, 5.74) is 0.937. The molecule has 0 aliphatic carbocycles. The molecule has 0 unspecified atom stereocenters. The van der Waals surface area contributed by atoms with E-state index in [0.717, 1.165) is 19.3 Å². The summed E-state index contributed by atoms with van der Waals surface area (Å²) in [5, 5.41) is 7.11. The lowest BCUT2D eigenvalue weighted by molar-refractivity contribution is -0.134. The maximum absolute atomic E-state index is 12.7. The molecule has 1 aromatic rings. The molecular formula is C14H19ClN4O2. The molecule has 114 valence electrons. The summed E-state index contributed by atoms with van der Waals surface area (Å²) in [4.78, 5) is 28.5. The molecule has 7 heteroatoms. The monoisotopic (exact) mass is 310 g/mol. The van der Waals surface area contributed by atoms with Crippen LogP contribution in [0.5, 0.6) is 0 Å². The van der Waals surface area contributed by atoms with Gasteiger partial charge < -0.3 is 9.80 Å². The van der Waals surface area contributed by atoms with Crippen LogP contribution in [0.2, 0.25) is 5.02 Å². The van der Waals surface area contributed by atoms with Crippen molar-refractivity contribution < 1.29 is 9.59 Å². The molecule has 0 aromatic carbocycles. The van der Waals surface area contributed by atoms with Crippen LogP contribution in [0, 0.1) is 12.8 Å². The van der Waals surface area contributed by atoms with Gasteiger partial charge in [0.25, 0.3) is 5.91 Å². The second kappa shape index (κ2) is 5.33. The Labute approximate surface area is 128 Å². The number of aryl methyl sites for hydroxylation is 1. The lowest BCUT2D eigenvalue weighted by Crippen LogP contribution is -2.42. The first kappa shape index (κ1) is 14.4. The smallest absolute Gasteiger partial charge is 0.276 e. The van der Waals surface area contributed by atoms with Gasteiger partial charge in [-0.05, 0) is 19.8 Å². The van der Waals surface area contributed by atoms with Crippen molar-refractivity contribution in [2.45, 2.75) is 32.2 Å². The summed E-state index contributed by atoms with van der Waals surface area (Å²) >= 11 is 6.12. The van der Waals surface area contributed by atoms with E-state index in [-0.39, 0.29) is 29.5 Å². The van der Waals surface area contributed by atoms with Crippen LogP contribution in [0.3, 0.4) is 0 Å². The van der Waals surface area contributed by atoms with Gasteiger partial charge in [0.1, 0.15) is 0 Å². The van der Waals surface area contributed by atoms with Crippen molar-refractivity contribution in [3.8, 4) is 0 Å². The number of nitrogens with zero attached hydrogens (tertiary/aromatic N) is 3. The maximum atomic E-state index is 12.7. The molecule has 2 aliphatic rings. The van der Waals surface area contributed by atoms with Gasteiger partial charge in [0.05, 0.1) is 16.6 Å². The van der Waals surface area contributed by atoms with Crippen LogP contribution in [0.1, 0.15) is 35.4 Å². The van der Waals surface area contributed by atoms with E-state index in [4.69, 9.17) is 11.6 Å². The van der Waals surface area contributed by atoms with Gasteiger partial charge in [0.15, 0.2) is 5.69 Å². The number of hydrogen-bond acceptors (Lipinski definition) is 3. The van der Waals surface area contributed by atoms with Gasteiger partial charge in [-0.1, -0.05) is 18.0 Å². The van der Waals surface area contributed by atoms with Gasteiger partial charge in [-0.25, -0.2) is 0 Å². The zero-order chi connectivity index (χ0) is 15.1. The standard InChI is InChI=1S/C14H19ClN4O2/c1-8-11(15)12(17-16-8)14(21)19-6-9-4-3-5-10(7-19)18(2)13(9)20/h9-10H,3-7H2,1-2H3,(H,16,17)/t9-,10+/m1/s1. The van der Waals surface area contributed by atoms with Crippen LogP contribution in [-0.2, 0) is 4.79 Å². The summed E-state index contributed by atoms with van der Waals surface area (Å²) in [5.74, 6) is -0.147. The highest BCUT2D eigenvalue weighted by Crippen LogP contribution is 2.28.